The Labute approximate surface area is 267 Å². The molecule has 0 aromatic heterocycles. The molecule has 0 spiro atoms. The van der Waals surface area contributed by atoms with Crippen molar-refractivity contribution >= 4 is 24.6 Å². The highest BCUT2D eigenvalue weighted by Crippen LogP contribution is 2.32. The van der Waals surface area contributed by atoms with Crippen LogP contribution in [0, 0.1) is 0 Å². The summed E-state index contributed by atoms with van der Waals surface area (Å²) in [7, 11) is 0.380. The summed E-state index contributed by atoms with van der Waals surface area (Å²) in [6.07, 6.45) is 0. The second-order valence-corrected chi connectivity index (χ2v) is 12.1. The van der Waals surface area contributed by atoms with Gasteiger partial charge in [-0.2, -0.15) is 0 Å². The minimum atomic E-state index is -0.984. The van der Waals surface area contributed by atoms with Gasteiger partial charge in [0.05, 0.1) is 17.7 Å². The van der Waals surface area contributed by atoms with Crippen LogP contribution in [0.15, 0.2) is 143 Å². The molecule has 5 aromatic rings. The molecule has 0 aliphatic heterocycles. The second-order valence-electron chi connectivity index (χ2n) is 12.1. The lowest BCUT2D eigenvalue weighted by atomic mass is 9.78. The van der Waals surface area contributed by atoms with E-state index in [2.05, 4.69) is 66.7 Å². The Morgan fingerprint density at radius 2 is 1.27 bits per heavy atom. The molecule has 226 valence electrons. The molecule has 0 bridgehead atoms. The van der Waals surface area contributed by atoms with E-state index in [-0.39, 0.29) is 0 Å². The van der Waals surface area contributed by atoms with Gasteiger partial charge in [0.15, 0.2) is 5.84 Å². The second kappa shape index (κ2) is 13.9. The first-order valence-electron chi connectivity index (χ1n) is 15.2. The average molecular weight is 594 g/mol. The summed E-state index contributed by atoms with van der Waals surface area (Å²) in [6, 6.07) is 44.9. The largest absolute Gasteiger partial charge is 0.427 e. The molecule has 0 fully saturated rings. The summed E-state index contributed by atoms with van der Waals surface area (Å²) < 4.78 is 6.27. The Bertz CT molecular complexity index is 1790. The molecule has 0 amide bonds. The fourth-order valence-electron chi connectivity index (χ4n) is 4.88. The van der Waals surface area contributed by atoms with E-state index in [4.69, 9.17) is 20.4 Å². The minimum Gasteiger partial charge on any atom is -0.427 e. The number of nitrogens with zero attached hydrogens (tertiary/aromatic N) is 2. The van der Waals surface area contributed by atoms with E-state index in [1.165, 1.54) is 0 Å². The van der Waals surface area contributed by atoms with Gasteiger partial charge in [-0.3, -0.25) is 4.99 Å². The van der Waals surface area contributed by atoms with E-state index in [1.54, 1.807) is 13.8 Å². The third-order valence-electron chi connectivity index (χ3n) is 8.27. The molecule has 0 saturated carbocycles. The van der Waals surface area contributed by atoms with Crippen LogP contribution < -0.4 is 11.2 Å². The topological polar surface area (TPSA) is 80.2 Å². The van der Waals surface area contributed by atoms with Gasteiger partial charge in [-0.15, -0.1) is 0 Å². The van der Waals surface area contributed by atoms with Gasteiger partial charge in [-0.1, -0.05) is 127 Å². The number of nitrogens with two attached hydrogens (primary N) is 1. The number of hydrogen-bond donors (Lipinski definition) is 2. The molecule has 0 atom stereocenters. The molecule has 0 radical (unpaired) electrons. The van der Waals surface area contributed by atoms with Crippen molar-refractivity contribution in [1.29, 1.82) is 0 Å². The van der Waals surface area contributed by atoms with Gasteiger partial charge in [0.25, 0.3) is 0 Å². The summed E-state index contributed by atoms with van der Waals surface area (Å²) in [5.74, 6) is 1.01. The van der Waals surface area contributed by atoms with Crippen LogP contribution in [0.25, 0.3) is 22.3 Å². The third kappa shape index (κ3) is 7.85. The number of aliphatic imine (C=N–C) groups is 2. The maximum atomic E-state index is 10.6. The Morgan fingerprint density at radius 3 is 1.93 bits per heavy atom. The Morgan fingerprint density at radius 1 is 0.689 bits per heavy atom. The summed E-state index contributed by atoms with van der Waals surface area (Å²) in [5, 5.41) is 10.6. The van der Waals surface area contributed by atoms with Crippen molar-refractivity contribution in [3.8, 4) is 22.3 Å². The molecular weight excluding hydrogens is 553 g/mol. The number of amidine groups is 2. The molecular formula is C39H40BN3O2. The highest BCUT2D eigenvalue weighted by Gasteiger charge is 2.35. The Kier molecular flexibility index (Phi) is 9.77. The van der Waals surface area contributed by atoms with Crippen molar-refractivity contribution in [3.05, 3.63) is 150 Å². The van der Waals surface area contributed by atoms with E-state index in [0.29, 0.717) is 25.7 Å². The van der Waals surface area contributed by atoms with Crippen LogP contribution in [0.5, 0.6) is 0 Å². The molecule has 0 heterocycles. The van der Waals surface area contributed by atoms with Crippen LogP contribution in [0.4, 0.5) is 0 Å². The van der Waals surface area contributed by atoms with Crippen LogP contribution in [0.1, 0.15) is 44.4 Å². The molecule has 45 heavy (non-hydrogen) atoms. The summed E-state index contributed by atoms with van der Waals surface area (Å²) in [5.41, 5.74) is 13.0. The lowest BCUT2D eigenvalue weighted by Crippen LogP contribution is -2.49. The van der Waals surface area contributed by atoms with Gasteiger partial charge in [-0.05, 0) is 67.0 Å². The summed E-state index contributed by atoms with van der Waals surface area (Å²) in [4.78, 5) is 9.68. The van der Waals surface area contributed by atoms with E-state index in [9.17, 15) is 5.11 Å². The van der Waals surface area contributed by atoms with Crippen molar-refractivity contribution < 1.29 is 9.76 Å². The van der Waals surface area contributed by atoms with E-state index in [1.807, 2.05) is 80.6 Å². The zero-order valence-corrected chi connectivity index (χ0v) is 26.4. The fourth-order valence-corrected chi connectivity index (χ4v) is 4.88. The van der Waals surface area contributed by atoms with Crippen LogP contribution in [0.2, 0.25) is 0 Å². The fraction of sp³-hybridized carbons (Fsp3) is 0.179. The Hall–Kier alpha value is -4.78. The van der Waals surface area contributed by atoms with Crippen molar-refractivity contribution in [3.63, 3.8) is 0 Å². The van der Waals surface area contributed by atoms with Gasteiger partial charge in [-0.25, -0.2) is 4.99 Å². The predicted octanol–water partition coefficient (Wildman–Crippen LogP) is 6.92. The molecule has 0 aliphatic carbocycles. The van der Waals surface area contributed by atoms with Crippen LogP contribution in [0.3, 0.4) is 0 Å². The molecule has 0 saturated heterocycles. The molecule has 3 N–H and O–H groups in total. The van der Waals surface area contributed by atoms with Crippen molar-refractivity contribution in [2.24, 2.45) is 15.7 Å². The highest BCUT2D eigenvalue weighted by molar-refractivity contribution is 6.49. The van der Waals surface area contributed by atoms with Gasteiger partial charge in [0.1, 0.15) is 5.84 Å². The van der Waals surface area contributed by atoms with Crippen LogP contribution in [-0.2, 0) is 11.2 Å². The first-order chi connectivity index (χ1) is 21.6. The first kappa shape index (κ1) is 31.6. The van der Waals surface area contributed by atoms with Gasteiger partial charge in [0, 0.05) is 11.1 Å². The number of benzene rings is 5. The van der Waals surface area contributed by atoms with Gasteiger partial charge >= 0.3 is 7.48 Å². The van der Waals surface area contributed by atoms with Crippen molar-refractivity contribution in [1.82, 2.24) is 0 Å². The van der Waals surface area contributed by atoms with Gasteiger partial charge in [0.2, 0.25) is 0 Å². The lowest BCUT2D eigenvalue weighted by molar-refractivity contribution is -0.0893. The Balaban J connectivity index is 1.46. The average Bonchev–Trinajstić information content (AvgIpc) is 3.06. The van der Waals surface area contributed by atoms with Crippen molar-refractivity contribution in [2.45, 2.75) is 45.4 Å². The summed E-state index contributed by atoms with van der Waals surface area (Å²) >= 11 is 0. The van der Waals surface area contributed by atoms with Crippen molar-refractivity contribution in [2.75, 3.05) is 0 Å². The monoisotopic (exact) mass is 593 g/mol. The highest BCUT2D eigenvalue weighted by atomic mass is 16.5. The number of aliphatic hydroxyl groups is 1. The molecule has 5 rings (SSSR count). The SMILES string of the molecule is CC(C)(O)C(C)(C)OBc1ccccc1-c1ccccc1-c1cccc(C/N=C(\N=C(/N)c2ccccc2)c2ccccc2)c1. The first-order valence-corrected chi connectivity index (χ1v) is 15.2. The third-order valence-corrected chi connectivity index (χ3v) is 8.27. The zero-order chi connectivity index (χ0) is 31.9. The van der Waals surface area contributed by atoms with Gasteiger partial charge < -0.3 is 15.5 Å². The zero-order valence-electron chi connectivity index (χ0n) is 26.4. The quantitative estimate of drug-likeness (QED) is 0.105. The molecule has 6 heteroatoms. The maximum absolute atomic E-state index is 10.6. The predicted molar refractivity (Wildman–Crippen MR) is 189 cm³/mol. The molecule has 0 unspecified atom stereocenters. The molecule has 5 nitrogen and oxygen atoms in total. The lowest BCUT2D eigenvalue weighted by Gasteiger charge is -2.37. The van der Waals surface area contributed by atoms with E-state index in [0.717, 1.165) is 44.4 Å². The van der Waals surface area contributed by atoms with Crippen LogP contribution >= 0.6 is 0 Å². The maximum Gasteiger partial charge on any atom is 0.310 e. The molecule has 5 aromatic carbocycles. The smallest absolute Gasteiger partial charge is 0.310 e. The normalized spacial score (nSPS) is 12.6. The summed E-state index contributed by atoms with van der Waals surface area (Å²) in [6.45, 7) is 7.84. The standard InChI is InChI=1S/C39H40BN3O2/c1-38(2,44)39(3,4)45-40-35-25-14-13-24-34(35)33-23-12-11-22-32(33)31-21-15-16-28(26-31)27-42-37(30-19-9-6-10-20-30)43-36(41)29-17-7-5-8-18-29/h5-26,40,44H,27H2,1-4H3,(H2,41,42,43). The van der Waals surface area contributed by atoms with E-state index >= 15 is 0 Å². The minimum absolute atomic E-state index is 0.380. The number of hydrogen-bond acceptors (Lipinski definition) is 3. The molecule has 0 aliphatic rings. The number of rotatable bonds is 10. The van der Waals surface area contributed by atoms with Crippen LogP contribution in [-0.4, -0.2) is 35.5 Å². The van der Waals surface area contributed by atoms with E-state index < -0.39 is 11.2 Å².